The van der Waals surface area contributed by atoms with E-state index < -0.39 is 0 Å². The second-order valence-electron chi connectivity index (χ2n) is 8.14. The number of nitrogens with zero attached hydrogens (tertiary/aromatic N) is 7. The molecule has 1 aliphatic heterocycles. The third-order valence-corrected chi connectivity index (χ3v) is 6.01. The van der Waals surface area contributed by atoms with Gasteiger partial charge in [0.1, 0.15) is 11.2 Å². The van der Waals surface area contributed by atoms with Gasteiger partial charge in [-0.3, -0.25) is 9.78 Å². The molecule has 4 aromatic heterocycles. The first-order valence-corrected chi connectivity index (χ1v) is 10.4. The number of fused-ring (bicyclic) bond motifs is 2. The second-order valence-corrected chi connectivity index (χ2v) is 8.14. The predicted octanol–water partition coefficient (Wildman–Crippen LogP) is 2.65. The highest BCUT2D eigenvalue weighted by atomic mass is 15.3. The number of aromatic amines is 2. The third kappa shape index (κ3) is 3.05. The molecule has 0 radical (unpaired) electrons. The van der Waals surface area contributed by atoms with Crippen LogP contribution in [-0.4, -0.2) is 73.1 Å². The Labute approximate surface area is 178 Å². The molecular formula is C22H23N9. The number of nitrogens with one attached hydrogen (secondary N) is 2. The highest BCUT2D eigenvalue weighted by Crippen LogP contribution is 2.32. The lowest BCUT2D eigenvalue weighted by molar-refractivity contribution is 0.312. The van der Waals surface area contributed by atoms with Gasteiger partial charge in [-0.25, -0.2) is 9.97 Å². The van der Waals surface area contributed by atoms with Crippen molar-refractivity contribution in [1.82, 2.24) is 39.8 Å². The van der Waals surface area contributed by atoms with Crippen molar-refractivity contribution in [1.29, 1.82) is 0 Å². The summed E-state index contributed by atoms with van der Waals surface area (Å²) >= 11 is 0. The van der Waals surface area contributed by atoms with Crippen LogP contribution in [0.2, 0.25) is 0 Å². The molecule has 0 unspecified atom stereocenters. The van der Waals surface area contributed by atoms with Gasteiger partial charge >= 0.3 is 0 Å². The quantitative estimate of drug-likeness (QED) is 0.472. The Balaban J connectivity index is 1.44. The number of pyridine rings is 1. The first-order valence-electron chi connectivity index (χ1n) is 10.4. The number of imidazole rings is 1. The monoisotopic (exact) mass is 413 g/mol. The Bertz CT molecular complexity index is 1380. The maximum atomic E-state index is 4.93. The summed E-state index contributed by atoms with van der Waals surface area (Å²) in [5.74, 6) is 1.68. The van der Waals surface area contributed by atoms with E-state index in [-0.39, 0.29) is 0 Å². The zero-order chi connectivity index (χ0) is 20.9. The number of piperazine rings is 1. The van der Waals surface area contributed by atoms with Crippen LogP contribution in [0, 0.1) is 0 Å². The molecule has 1 fully saturated rings. The SMILES string of the molecule is CN1CCN(c2nccc3[nH]c(-c4n[nH]c5ccc(-c6cnn(C)c6)cc45)nc23)CC1. The van der Waals surface area contributed by atoms with Gasteiger partial charge in [-0.05, 0) is 30.8 Å². The molecule has 5 aromatic rings. The molecule has 0 spiro atoms. The van der Waals surface area contributed by atoms with Crippen molar-refractivity contribution < 1.29 is 0 Å². The van der Waals surface area contributed by atoms with Crippen molar-refractivity contribution in [3.63, 3.8) is 0 Å². The van der Waals surface area contributed by atoms with Crippen molar-refractivity contribution in [2.75, 3.05) is 38.1 Å². The Kier molecular flexibility index (Phi) is 4.03. The molecule has 9 heteroatoms. The number of anilines is 1. The van der Waals surface area contributed by atoms with E-state index in [1.54, 1.807) is 0 Å². The molecule has 0 saturated carbocycles. The molecule has 2 N–H and O–H groups in total. The summed E-state index contributed by atoms with van der Waals surface area (Å²) in [4.78, 5) is 17.7. The van der Waals surface area contributed by atoms with E-state index in [1.165, 1.54) is 0 Å². The topological polar surface area (TPSA) is 94.5 Å². The van der Waals surface area contributed by atoms with Crippen molar-refractivity contribution in [3.8, 4) is 22.6 Å². The lowest BCUT2D eigenvalue weighted by Crippen LogP contribution is -2.44. The molecule has 0 amide bonds. The van der Waals surface area contributed by atoms with Crippen molar-refractivity contribution >= 4 is 27.8 Å². The Morgan fingerprint density at radius 1 is 0.968 bits per heavy atom. The van der Waals surface area contributed by atoms with E-state index in [1.807, 2.05) is 42.5 Å². The summed E-state index contributed by atoms with van der Waals surface area (Å²) in [5.41, 5.74) is 5.81. The highest BCUT2D eigenvalue weighted by molar-refractivity contribution is 5.96. The smallest absolute Gasteiger partial charge is 0.159 e. The lowest BCUT2D eigenvalue weighted by Gasteiger charge is -2.33. The van der Waals surface area contributed by atoms with Gasteiger partial charge in [-0.2, -0.15) is 10.2 Å². The van der Waals surface area contributed by atoms with Crippen molar-refractivity contribution in [3.05, 3.63) is 42.9 Å². The van der Waals surface area contributed by atoms with Crippen molar-refractivity contribution in [2.24, 2.45) is 7.05 Å². The second kappa shape index (κ2) is 6.92. The molecule has 0 bridgehead atoms. The van der Waals surface area contributed by atoms with Gasteiger partial charge in [0.15, 0.2) is 11.6 Å². The summed E-state index contributed by atoms with van der Waals surface area (Å²) in [5, 5.41) is 13.0. The van der Waals surface area contributed by atoms with Crippen LogP contribution in [0.1, 0.15) is 0 Å². The first-order chi connectivity index (χ1) is 15.2. The highest BCUT2D eigenvalue weighted by Gasteiger charge is 2.21. The number of hydrogen-bond donors (Lipinski definition) is 2. The van der Waals surface area contributed by atoms with Gasteiger partial charge in [-0.1, -0.05) is 6.07 Å². The van der Waals surface area contributed by atoms with E-state index in [4.69, 9.17) is 4.98 Å². The number of rotatable bonds is 3. The molecule has 9 nitrogen and oxygen atoms in total. The molecule has 1 aromatic carbocycles. The van der Waals surface area contributed by atoms with E-state index >= 15 is 0 Å². The number of benzene rings is 1. The predicted molar refractivity (Wildman–Crippen MR) is 121 cm³/mol. The summed E-state index contributed by atoms with van der Waals surface area (Å²) < 4.78 is 1.81. The Hall–Kier alpha value is -3.72. The van der Waals surface area contributed by atoms with Crippen molar-refractivity contribution in [2.45, 2.75) is 0 Å². The van der Waals surface area contributed by atoms with Gasteiger partial charge in [0.25, 0.3) is 0 Å². The fourth-order valence-corrected chi connectivity index (χ4v) is 4.23. The van der Waals surface area contributed by atoms with Gasteiger partial charge in [0, 0.05) is 56.6 Å². The molecular weight excluding hydrogens is 390 g/mol. The maximum Gasteiger partial charge on any atom is 0.159 e. The van der Waals surface area contributed by atoms with Gasteiger partial charge in [-0.15, -0.1) is 0 Å². The van der Waals surface area contributed by atoms with Gasteiger partial charge in [0.2, 0.25) is 0 Å². The van der Waals surface area contributed by atoms with Crippen LogP contribution < -0.4 is 4.90 Å². The lowest BCUT2D eigenvalue weighted by atomic mass is 10.1. The van der Waals surface area contributed by atoms with E-state index in [2.05, 4.69) is 54.2 Å². The zero-order valence-corrected chi connectivity index (χ0v) is 17.5. The van der Waals surface area contributed by atoms with Crippen LogP contribution in [-0.2, 0) is 7.05 Å². The molecule has 0 atom stereocenters. The average Bonchev–Trinajstić information content (AvgIpc) is 3.51. The normalized spacial score (nSPS) is 15.4. The Morgan fingerprint density at radius 2 is 1.84 bits per heavy atom. The van der Waals surface area contributed by atoms with E-state index in [9.17, 15) is 0 Å². The van der Waals surface area contributed by atoms with Gasteiger partial charge < -0.3 is 14.8 Å². The summed E-state index contributed by atoms with van der Waals surface area (Å²) in [6.07, 6.45) is 5.73. The average molecular weight is 413 g/mol. The fraction of sp³-hybridized carbons (Fsp3) is 0.273. The summed E-state index contributed by atoms with van der Waals surface area (Å²) in [6.45, 7) is 3.95. The van der Waals surface area contributed by atoms with Crippen LogP contribution in [0.25, 0.3) is 44.6 Å². The van der Waals surface area contributed by atoms with Crippen LogP contribution in [0.3, 0.4) is 0 Å². The van der Waals surface area contributed by atoms with Crippen LogP contribution in [0.4, 0.5) is 5.82 Å². The summed E-state index contributed by atoms with van der Waals surface area (Å²) in [7, 11) is 4.08. The number of likely N-dealkylation sites (N-methyl/N-ethyl adjacent to an activating group) is 1. The first kappa shape index (κ1) is 18.1. The molecule has 6 rings (SSSR count). The number of aryl methyl sites for hydroxylation is 1. The Morgan fingerprint density at radius 3 is 2.65 bits per heavy atom. The molecule has 31 heavy (non-hydrogen) atoms. The van der Waals surface area contributed by atoms with Crippen LogP contribution in [0.15, 0.2) is 42.9 Å². The third-order valence-electron chi connectivity index (χ3n) is 6.01. The fourth-order valence-electron chi connectivity index (χ4n) is 4.23. The number of aromatic nitrogens is 7. The molecule has 1 saturated heterocycles. The minimum absolute atomic E-state index is 0.743. The minimum Gasteiger partial charge on any atom is -0.352 e. The molecule has 1 aliphatic rings. The number of hydrogen-bond acceptors (Lipinski definition) is 6. The van der Waals surface area contributed by atoms with E-state index in [0.717, 1.165) is 76.6 Å². The minimum atomic E-state index is 0.743. The molecule has 0 aliphatic carbocycles. The molecule has 156 valence electrons. The number of H-pyrrole nitrogens is 2. The standard InChI is InChI=1S/C22H23N9/c1-29-7-9-31(10-8-29)22-20-18(5-6-23-22)25-21(26-20)19-16-11-14(3-4-17(16)27-28-19)15-12-24-30(2)13-15/h3-6,11-13H,7-10H2,1-2H3,(H,25,26)(H,27,28). The maximum absolute atomic E-state index is 4.93. The van der Waals surface area contributed by atoms with Crippen LogP contribution in [0.5, 0.6) is 0 Å². The zero-order valence-electron chi connectivity index (χ0n) is 17.5. The summed E-state index contributed by atoms with van der Waals surface area (Å²) in [6, 6.07) is 8.24. The van der Waals surface area contributed by atoms with Gasteiger partial charge in [0.05, 0.1) is 17.2 Å². The largest absolute Gasteiger partial charge is 0.352 e. The van der Waals surface area contributed by atoms with E-state index in [0.29, 0.717) is 0 Å². The molecule has 5 heterocycles. The van der Waals surface area contributed by atoms with Crippen LogP contribution >= 0.6 is 0 Å².